The van der Waals surface area contributed by atoms with Gasteiger partial charge in [0.15, 0.2) is 11.5 Å². The number of ether oxygens (including phenoxy) is 1. The van der Waals surface area contributed by atoms with E-state index < -0.39 is 23.2 Å². The lowest BCUT2D eigenvalue weighted by Crippen LogP contribution is -2.11. The Labute approximate surface area is 86.5 Å². The van der Waals surface area contributed by atoms with Crippen LogP contribution < -0.4 is 0 Å². The standard InChI is InChI=1S/C10H12O5/c1-5(2)15-10(14)6-3-4-7(11)9(13)8(6)12/h3-5,11-13H,1-2H3. The van der Waals surface area contributed by atoms with Crippen LogP contribution in [-0.4, -0.2) is 27.4 Å². The summed E-state index contributed by atoms with van der Waals surface area (Å²) in [7, 11) is 0. The quantitative estimate of drug-likeness (QED) is 0.509. The molecule has 0 fully saturated rings. The van der Waals surface area contributed by atoms with Gasteiger partial charge in [0.2, 0.25) is 5.75 Å². The molecule has 0 aliphatic carbocycles. The Kier molecular flexibility index (Phi) is 3.04. The molecule has 0 aliphatic rings. The predicted octanol–water partition coefficient (Wildman–Crippen LogP) is 1.37. The van der Waals surface area contributed by atoms with Crippen molar-refractivity contribution in [3.05, 3.63) is 17.7 Å². The van der Waals surface area contributed by atoms with Gasteiger partial charge in [-0.1, -0.05) is 0 Å². The fourth-order valence-corrected chi connectivity index (χ4v) is 1.01. The number of rotatable bonds is 2. The van der Waals surface area contributed by atoms with Crippen LogP contribution >= 0.6 is 0 Å². The lowest BCUT2D eigenvalue weighted by molar-refractivity contribution is 0.0374. The van der Waals surface area contributed by atoms with Crippen LogP contribution in [0.3, 0.4) is 0 Å². The smallest absolute Gasteiger partial charge is 0.342 e. The summed E-state index contributed by atoms with van der Waals surface area (Å²) < 4.78 is 4.82. The number of carbonyl (C=O) groups is 1. The van der Waals surface area contributed by atoms with Crippen molar-refractivity contribution in [2.24, 2.45) is 0 Å². The summed E-state index contributed by atoms with van der Waals surface area (Å²) in [6.07, 6.45) is -0.326. The Bertz CT molecular complexity index is 384. The maximum atomic E-state index is 11.4. The maximum absolute atomic E-state index is 11.4. The van der Waals surface area contributed by atoms with E-state index in [4.69, 9.17) is 14.9 Å². The third kappa shape index (κ3) is 2.31. The van der Waals surface area contributed by atoms with Crippen LogP contribution in [0, 0.1) is 0 Å². The minimum Gasteiger partial charge on any atom is -0.504 e. The van der Waals surface area contributed by atoms with Crippen molar-refractivity contribution in [1.29, 1.82) is 0 Å². The lowest BCUT2D eigenvalue weighted by Gasteiger charge is -2.10. The fraction of sp³-hybridized carbons (Fsp3) is 0.300. The second-order valence-electron chi connectivity index (χ2n) is 3.28. The zero-order chi connectivity index (χ0) is 11.6. The van der Waals surface area contributed by atoms with E-state index in [9.17, 15) is 9.90 Å². The first-order chi connectivity index (χ1) is 6.93. The van der Waals surface area contributed by atoms with E-state index >= 15 is 0 Å². The number of phenols is 3. The average Bonchev–Trinajstić information content (AvgIpc) is 2.13. The molecule has 0 atom stereocenters. The van der Waals surface area contributed by atoms with Gasteiger partial charge in [0, 0.05) is 0 Å². The zero-order valence-electron chi connectivity index (χ0n) is 8.39. The molecule has 0 bridgehead atoms. The van der Waals surface area contributed by atoms with Crippen LogP contribution in [-0.2, 0) is 4.74 Å². The van der Waals surface area contributed by atoms with E-state index in [2.05, 4.69) is 0 Å². The fourth-order valence-electron chi connectivity index (χ4n) is 1.01. The van der Waals surface area contributed by atoms with Gasteiger partial charge < -0.3 is 20.1 Å². The molecule has 1 aromatic carbocycles. The highest BCUT2D eigenvalue weighted by molar-refractivity contribution is 5.94. The molecule has 0 spiro atoms. The van der Waals surface area contributed by atoms with Gasteiger partial charge in [-0.25, -0.2) is 4.79 Å². The summed E-state index contributed by atoms with van der Waals surface area (Å²) in [4.78, 5) is 11.4. The molecule has 5 nitrogen and oxygen atoms in total. The molecule has 5 heteroatoms. The van der Waals surface area contributed by atoms with Gasteiger partial charge in [-0.3, -0.25) is 0 Å². The van der Waals surface area contributed by atoms with E-state index in [1.54, 1.807) is 13.8 Å². The Morgan fingerprint density at radius 1 is 1.20 bits per heavy atom. The maximum Gasteiger partial charge on any atom is 0.342 e. The van der Waals surface area contributed by atoms with Gasteiger partial charge in [0.25, 0.3) is 0 Å². The number of hydrogen-bond donors (Lipinski definition) is 3. The highest BCUT2D eigenvalue weighted by Crippen LogP contribution is 2.37. The van der Waals surface area contributed by atoms with Crippen molar-refractivity contribution in [2.45, 2.75) is 20.0 Å². The van der Waals surface area contributed by atoms with Gasteiger partial charge in [-0.2, -0.15) is 0 Å². The molecule has 3 N–H and O–H groups in total. The summed E-state index contributed by atoms with van der Waals surface area (Å²) in [5.74, 6) is -2.65. The van der Waals surface area contributed by atoms with E-state index in [1.807, 2.05) is 0 Å². The first-order valence-electron chi connectivity index (χ1n) is 4.38. The molecular formula is C10H12O5. The third-order valence-electron chi connectivity index (χ3n) is 1.69. The molecule has 0 saturated heterocycles. The molecule has 0 heterocycles. The number of aromatic hydroxyl groups is 3. The number of hydrogen-bond acceptors (Lipinski definition) is 5. The van der Waals surface area contributed by atoms with E-state index in [0.717, 1.165) is 6.07 Å². The summed E-state index contributed by atoms with van der Waals surface area (Å²) in [6.45, 7) is 3.32. The van der Waals surface area contributed by atoms with Crippen molar-refractivity contribution in [3.8, 4) is 17.2 Å². The first kappa shape index (κ1) is 11.2. The van der Waals surface area contributed by atoms with Crippen molar-refractivity contribution in [2.75, 3.05) is 0 Å². The number of esters is 1. The Hall–Kier alpha value is -1.91. The molecule has 1 aromatic rings. The van der Waals surface area contributed by atoms with Crippen LogP contribution in [0.15, 0.2) is 12.1 Å². The molecule has 0 aromatic heterocycles. The third-order valence-corrected chi connectivity index (χ3v) is 1.69. The number of benzene rings is 1. The number of phenolic OH excluding ortho intramolecular Hbond substituents is 3. The molecule has 0 radical (unpaired) electrons. The van der Waals surface area contributed by atoms with E-state index in [0.29, 0.717) is 0 Å². The zero-order valence-corrected chi connectivity index (χ0v) is 8.39. The summed E-state index contributed by atoms with van der Waals surface area (Å²) in [5.41, 5.74) is -0.181. The van der Waals surface area contributed by atoms with Crippen LogP contribution in [0.2, 0.25) is 0 Å². The second kappa shape index (κ2) is 4.08. The van der Waals surface area contributed by atoms with Gasteiger partial charge in [-0.15, -0.1) is 0 Å². The molecule has 82 valence electrons. The Morgan fingerprint density at radius 3 is 2.33 bits per heavy atom. The minimum atomic E-state index is -0.752. The molecule has 15 heavy (non-hydrogen) atoms. The van der Waals surface area contributed by atoms with Crippen LogP contribution in [0.25, 0.3) is 0 Å². The Balaban J connectivity index is 3.06. The Morgan fingerprint density at radius 2 is 1.80 bits per heavy atom. The molecule has 0 amide bonds. The molecule has 1 rings (SSSR count). The van der Waals surface area contributed by atoms with Crippen molar-refractivity contribution < 1.29 is 24.9 Å². The largest absolute Gasteiger partial charge is 0.504 e. The molecule has 0 aliphatic heterocycles. The SMILES string of the molecule is CC(C)OC(=O)c1ccc(O)c(O)c1O. The van der Waals surface area contributed by atoms with Gasteiger partial charge in [0.1, 0.15) is 5.56 Å². The van der Waals surface area contributed by atoms with Crippen molar-refractivity contribution in [1.82, 2.24) is 0 Å². The van der Waals surface area contributed by atoms with E-state index in [-0.39, 0.29) is 11.7 Å². The molecule has 0 saturated carbocycles. The first-order valence-corrected chi connectivity index (χ1v) is 4.38. The summed E-state index contributed by atoms with van der Waals surface area (Å²) >= 11 is 0. The lowest BCUT2D eigenvalue weighted by atomic mass is 10.1. The number of carbonyl (C=O) groups excluding carboxylic acids is 1. The minimum absolute atomic E-state index is 0.181. The van der Waals surface area contributed by atoms with Crippen LogP contribution in [0.1, 0.15) is 24.2 Å². The normalized spacial score (nSPS) is 10.3. The van der Waals surface area contributed by atoms with Crippen LogP contribution in [0.4, 0.5) is 0 Å². The van der Waals surface area contributed by atoms with Gasteiger partial charge in [0.05, 0.1) is 6.10 Å². The topological polar surface area (TPSA) is 87.0 Å². The second-order valence-corrected chi connectivity index (χ2v) is 3.28. The van der Waals surface area contributed by atoms with Gasteiger partial charge >= 0.3 is 5.97 Å². The summed E-state index contributed by atoms with van der Waals surface area (Å²) in [5, 5.41) is 27.5. The monoisotopic (exact) mass is 212 g/mol. The summed E-state index contributed by atoms with van der Waals surface area (Å²) in [6, 6.07) is 2.28. The van der Waals surface area contributed by atoms with Crippen molar-refractivity contribution >= 4 is 5.97 Å². The highest BCUT2D eigenvalue weighted by Gasteiger charge is 2.18. The van der Waals surface area contributed by atoms with Crippen LogP contribution in [0.5, 0.6) is 17.2 Å². The van der Waals surface area contributed by atoms with E-state index in [1.165, 1.54) is 6.07 Å². The van der Waals surface area contributed by atoms with Crippen molar-refractivity contribution in [3.63, 3.8) is 0 Å². The average molecular weight is 212 g/mol. The molecular weight excluding hydrogens is 200 g/mol. The molecule has 0 unspecified atom stereocenters. The predicted molar refractivity (Wildman–Crippen MR) is 52.0 cm³/mol. The van der Waals surface area contributed by atoms with Gasteiger partial charge in [-0.05, 0) is 26.0 Å². The highest BCUT2D eigenvalue weighted by atomic mass is 16.5.